The van der Waals surface area contributed by atoms with E-state index in [0.717, 1.165) is 49.4 Å². The molecule has 0 atom stereocenters. The number of benzene rings is 2. The molecule has 2 aliphatic rings. The highest BCUT2D eigenvalue weighted by atomic mass is 35.5. The second-order valence-electron chi connectivity index (χ2n) is 6.09. The summed E-state index contributed by atoms with van der Waals surface area (Å²) >= 11 is 0. The van der Waals surface area contributed by atoms with Gasteiger partial charge in [-0.25, -0.2) is 0 Å². The zero-order valence-corrected chi connectivity index (χ0v) is 12.8. The summed E-state index contributed by atoms with van der Waals surface area (Å²) in [7, 11) is 0. The number of aliphatic hydroxyl groups excluding tert-OH is 1. The summed E-state index contributed by atoms with van der Waals surface area (Å²) in [6.45, 7) is 6.20. The van der Waals surface area contributed by atoms with Crippen molar-refractivity contribution in [3.63, 3.8) is 0 Å². The fourth-order valence-electron chi connectivity index (χ4n) is 3.85. The van der Waals surface area contributed by atoms with Crippen molar-refractivity contribution in [2.24, 2.45) is 0 Å². The molecule has 1 fully saturated rings. The number of halogens is 1. The molecule has 0 amide bonds. The molecule has 2 aliphatic heterocycles. The summed E-state index contributed by atoms with van der Waals surface area (Å²) in [6.07, 6.45) is 0. The predicted octanol–water partition coefficient (Wildman–Crippen LogP) is -0.803. The molecule has 21 heavy (non-hydrogen) atoms. The normalized spacial score (nSPS) is 19.5. The Labute approximate surface area is 131 Å². The maximum Gasteiger partial charge on any atom is 0.106 e. The first-order chi connectivity index (χ1) is 9.81. The maximum atomic E-state index is 9.85. The van der Waals surface area contributed by atoms with Gasteiger partial charge in [0.05, 0.1) is 19.8 Å². The summed E-state index contributed by atoms with van der Waals surface area (Å²) in [5.74, 6) is 0. The third kappa shape index (κ3) is 2.34. The third-order valence-electron chi connectivity index (χ3n) is 4.94. The molecule has 0 radical (unpaired) electrons. The van der Waals surface area contributed by atoms with Crippen LogP contribution in [0.25, 0.3) is 10.8 Å². The van der Waals surface area contributed by atoms with Gasteiger partial charge < -0.3 is 26.7 Å². The summed E-state index contributed by atoms with van der Waals surface area (Å²) < 4.78 is 6.63. The van der Waals surface area contributed by atoms with Crippen molar-refractivity contribution >= 4 is 10.8 Å². The van der Waals surface area contributed by atoms with Crippen LogP contribution in [0.2, 0.25) is 0 Å². The molecule has 0 aromatic heterocycles. The third-order valence-corrected chi connectivity index (χ3v) is 4.94. The number of hydrogen-bond donors (Lipinski definition) is 1. The van der Waals surface area contributed by atoms with Crippen LogP contribution >= 0.6 is 0 Å². The SMILES string of the molecule is OCc1c2c(cc3ccccc13)C[N+]1(CCOCC1)C2.[Cl-]. The van der Waals surface area contributed by atoms with Crippen molar-refractivity contribution in [2.45, 2.75) is 19.7 Å². The van der Waals surface area contributed by atoms with Crippen LogP contribution in [0.5, 0.6) is 0 Å². The molecular weight excluding hydrogens is 286 g/mol. The fraction of sp³-hybridized carbons (Fsp3) is 0.412. The average molecular weight is 306 g/mol. The summed E-state index contributed by atoms with van der Waals surface area (Å²) in [5.41, 5.74) is 3.95. The number of morpholine rings is 1. The molecule has 4 rings (SSSR count). The van der Waals surface area contributed by atoms with Gasteiger partial charge in [-0.3, -0.25) is 0 Å². The van der Waals surface area contributed by atoms with Crippen molar-refractivity contribution < 1.29 is 26.7 Å². The standard InChI is InChI=1S/C17H20NO2.ClH/c19-12-17-15-4-2-1-3-13(15)9-14-10-18(11-16(14)17)5-7-20-8-6-18;/h1-4,9,19H,5-8,10-12H2;1H/q+1;/p-1. The summed E-state index contributed by atoms with van der Waals surface area (Å²) in [5, 5.41) is 12.3. The van der Waals surface area contributed by atoms with Crippen LogP contribution < -0.4 is 12.4 Å². The first-order valence-electron chi connectivity index (χ1n) is 7.37. The number of fused-ring (bicyclic) bond motifs is 2. The van der Waals surface area contributed by atoms with Gasteiger partial charge in [0.25, 0.3) is 0 Å². The largest absolute Gasteiger partial charge is 1.00 e. The molecule has 2 aromatic carbocycles. The van der Waals surface area contributed by atoms with E-state index in [9.17, 15) is 5.11 Å². The lowest BCUT2D eigenvalue weighted by atomic mass is 9.96. The second kappa shape index (κ2) is 5.58. The molecule has 3 nitrogen and oxygen atoms in total. The quantitative estimate of drug-likeness (QED) is 0.699. The Morgan fingerprint density at radius 3 is 2.62 bits per heavy atom. The number of aliphatic hydroxyl groups is 1. The van der Waals surface area contributed by atoms with Crippen molar-refractivity contribution in [1.82, 2.24) is 0 Å². The molecule has 0 unspecified atom stereocenters. The molecule has 0 saturated carbocycles. The number of nitrogens with zero attached hydrogens (tertiary/aromatic N) is 1. The molecular formula is C17H20ClNO2. The van der Waals surface area contributed by atoms with Crippen LogP contribution in [0.15, 0.2) is 30.3 Å². The summed E-state index contributed by atoms with van der Waals surface area (Å²) in [6, 6.07) is 10.7. The zero-order chi connectivity index (χ0) is 13.6. The van der Waals surface area contributed by atoms with E-state index in [2.05, 4.69) is 30.3 Å². The molecule has 0 bridgehead atoms. The lowest BCUT2D eigenvalue weighted by Crippen LogP contribution is -3.00. The minimum absolute atomic E-state index is 0. The molecule has 1 N–H and O–H groups in total. The average Bonchev–Trinajstić information content (AvgIpc) is 2.82. The Morgan fingerprint density at radius 2 is 1.86 bits per heavy atom. The van der Waals surface area contributed by atoms with Crippen molar-refractivity contribution in [3.8, 4) is 0 Å². The number of quaternary nitrogens is 1. The topological polar surface area (TPSA) is 29.5 Å². The molecule has 4 heteroatoms. The Morgan fingerprint density at radius 1 is 1.10 bits per heavy atom. The number of ether oxygens (including phenoxy) is 1. The van der Waals surface area contributed by atoms with Crippen LogP contribution in [0.4, 0.5) is 0 Å². The minimum Gasteiger partial charge on any atom is -1.00 e. The molecule has 2 heterocycles. The van der Waals surface area contributed by atoms with Gasteiger partial charge >= 0.3 is 0 Å². The highest BCUT2D eigenvalue weighted by molar-refractivity contribution is 5.87. The zero-order valence-electron chi connectivity index (χ0n) is 12.0. The van der Waals surface area contributed by atoms with Crippen molar-refractivity contribution in [3.05, 3.63) is 47.0 Å². The second-order valence-corrected chi connectivity index (χ2v) is 6.09. The van der Waals surface area contributed by atoms with Gasteiger partial charge in [0.15, 0.2) is 0 Å². The van der Waals surface area contributed by atoms with E-state index in [1.807, 2.05) is 0 Å². The van der Waals surface area contributed by atoms with Gasteiger partial charge in [-0.05, 0) is 22.4 Å². The number of hydrogen-bond acceptors (Lipinski definition) is 2. The van der Waals surface area contributed by atoms with E-state index >= 15 is 0 Å². The van der Waals surface area contributed by atoms with Gasteiger partial charge in [-0.15, -0.1) is 0 Å². The maximum absolute atomic E-state index is 9.85. The van der Waals surface area contributed by atoms with Crippen LogP contribution in [0.1, 0.15) is 16.7 Å². The van der Waals surface area contributed by atoms with Gasteiger partial charge in [0, 0.05) is 11.1 Å². The Balaban J connectivity index is 0.00000132. The monoisotopic (exact) mass is 305 g/mol. The predicted molar refractivity (Wildman–Crippen MR) is 78.1 cm³/mol. The summed E-state index contributed by atoms with van der Waals surface area (Å²) in [4.78, 5) is 0. The molecule has 1 spiro atoms. The van der Waals surface area contributed by atoms with E-state index in [4.69, 9.17) is 4.74 Å². The van der Waals surface area contributed by atoms with Crippen LogP contribution in [0, 0.1) is 0 Å². The van der Waals surface area contributed by atoms with E-state index in [-0.39, 0.29) is 19.0 Å². The van der Waals surface area contributed by atoms with E-state index in [0.29, 0.717) is 0 Å². The molecule has 1 saturated heterocycles. The van der Waals surface area contributed by atoms with Crippen LogP contribution in [-0.2, 0) is 24.4 Å². The van der Waals surface area contributed by atoms with E-state index in [1.165, 1.54) is 21.9 Å². The van der Waals surface area contributed by atoms with Gasteiger partial charge in [0.2, 0.25) is 0 Å². The highest BCUT2D eigenvalue weighted by Crippen LogP contribution is 2.37. The first-order valence-corrected chi connectivity index (χ1v) is 7.37. The Bertz CT molecular complexity index is 665. The van der Waals surface area contributed by atoms with Crippen molar-refractivity contribution in [2.75, 3.05) is 26.3 Å². The van der Waals surface area contributed by atoms with Crippen molar-refractivity contribution in [1.29, 1.82) is 0 Å². The Hall–Kier alpha value is -1.13. The number of rotatable bonds is 1. The smallest absolute Gasteiger partial charge is 0.106 e. The van der Waals surface area contributed by atoms with Crippen LogP contribution in [0.3, 0.4) is 0 Å². The fourth-order valence-corrected chi connectivity index (χ4v) is 3.85. The first kappa shape index (κ1) is 14.8. The Kier molecular flexibility index (Phi) is 3.93. The van der Waals surface area contributed by atoms with Gasteiger partial charge in [0.1, 0.15) is 26.2 Å². The van der Waals surface area contributed by atoms with Crippen LogP contribution in [-0.4, -0.2) is 35.9 Å². The molecule has 0 aliphatic carbocycles. The minimum atomic E-state index is 0. The van der Waals surface area contributed by atoms with E-state index < -0.39 is 0 Å². The lowest BCUT2D eigenvalue weighted by molar-refractivity contribution is -0.953. The lowest BCUT2D eigenvalue weighted by Gasteiger charge is -2.37. The van der Waals surface area contributed by atoms with Gasteiger partial charge in [-0.1, -0.05) is 24.3 Å². The van der Waals surface area contributed by atoms with Gasteiger partial charge in [-0.2, -0.15) is 0 Å². The van der Waals surface area contributed by atoms with E-state index in [1.54, 1.807) is 0 Å². The molecule has 2 aromatic rings. The molecule has 112 valence electrons. The highest BCUT2D eigenvalue weighted by Gasteiger charge is 2.39.